The second-order valence-corrected chi connectivity index (χ2v) is 16.2. The molecule has 9 aromatic rings. The van der Waals surface area contributed by atoms with Crippen molar-refractivity contribution in [2.45, 2.75) is 45.4 Å². The van der Waals surface area contributed by atoms with E-state index in [9.17, 15) is 4.79 Å². The molecule has 0 spiro atoms. The normalized spacial score (nSPS) is 13.8. The number of aromatic nitrogens is 1. The molecule has 2 aromatic heterocycles. The Balaban J connectivity index is 1.13. The first-order valence-corrected chi connectivity index (χ1v) is 18.7. The SMILES string of the molecule is CC(C)(C)c1ccc2c(c1)c1cc(N3c4ccccc4C(C)(C)c4ccccc43)ccc1n2-c1ccc(-c2ccc3c(=O)c4ccccc4oc3c2)cc1. The van der Waals surface area contributed by atoms with Gasteiger partial charge in [-0.25, -0.2) is 0 Å². The summed E-state index contributed by atoms with van der Waals surface area (Å²) in [6.45, 7) is 11.5. The molecule has 262 valence electrons. The fraction of sp³-hybridized carbons (Fsp3) is 0.140. The number of hydrogen-bond acceptors (Lipinski definition) is 3. The third kappa shape index (κ3) is 4.79. The maximum Gasteiger partial charge on any atom is 0.200 e. The predicted octanol–water partition coefficient (Wildman–Crippen LogP) is 13.1. The highest BCUT2D eigenvalue weighted by Crippen LogP contribution is 2.52. The lowest BCUT2D eigenvalue weighted by Gasteiger charge is -2.42. The van der Waals surface area contributed by atoms with Gasteiger partial charge in [0.05, 0.1) is 33.2 Å². The van der Waals surface area contributed by atoms with Crippen LogP contribution in [0, 0.1) is 0 Å². The molecule has 0 radical (unpaired) electrons. The fourth-order valence-corrected chi connectivity index (χ4v) is 8.63. The summed E-state index contributed by atoms with van der Waals surface area (Å²) < 4.78 is 8.58. The minimum atomic E-state index is -0.118. The topological polar surface area (TPSA) is 38.4 Å². The zero-order valence-corrected chi connectivity index (χ0v) is 31.1. The molecule has 0 atom stereocenters. The summed E-state index contributed by atoms with van der Waals surface area (Å²) in [6, 6.07) is 53.6. The van der Waals surface area contributed by atoms with E-state index in [1.807, 2.05) is 42.5 Å². The van der Waals surface area contributed by atoms with Crippen LogP contribution in [0.2, 0.25) is 0 Å². The molecule has 0 fully saturated rings. The van der Waals surface area contributed by atoms with Crippen LogP contribution in [0.15, 0.2) is 161 Å². The lowest BCUT2D eigenvalue weighted by Crippen LogP contribution is -2.30. The summed E-state index contributed by atoms with van der Waals surface area (Å²) in [7, 11) is 0. The lowest BCUT2D eigenvalue weighted by atomic mass is 9.73. The first-order valence-electron chi connectivity index (χ1n) is 18.7. The van der Waals surface area contributed by atoms with E-state index in [4.69, 9.17) is 4.42 Å². The highest BCUT2D eigenvalue weighted by atomic mass is 16.3. The van der Waals surface area contributed by atoms with Gasteiger partial charge in [-0.2, -0.15) is 0 Å². The summed E-state index contributed by atoms with van der Waals surface area (Å²) >= 11 is 0. The van der Waals surface area contributed by atoms with Crippen LogP contribution < -0.4 is 10.3 Å². The van der Waals surface area contributed by atoms with Crippen LogP contribution in [-0.4, -0.2) is 4.57 Å². The van der Waals surface area contributed by atoms with Gasteiger partial charge in [0.2, 0.25) is 5.43 Å². The van der Waals surface area contributed by atoms with E-state index in [0.717, 1.165) is 28.0 Å². The first kappa shape index (κ1) is 32.3. The van der Waals surface area contributed by atoms with E-state index in [0.29, 0.717) is 21.9 Å². The zero-order valence-electron chi connectivity index (χ0n) is 31.1. The van der Waals surface area contributed by atoms with Crippen LogP contribution in [0.3, 0.4) is 0 Å². The molecule has 0 unspecified atom stereocenters. The van der Waals surface area contributed by atoms with Gasteiger partial charge in [0, 0.05) is 27.6 Å². The van der Waals surface area contributed by atoms with Crippen LogP contribution in [-0.2, 0) is 10.8 Å². The van der Waals surface area contributed by atoms with E-state index in [2.05, 4.69) is 153 Å². The van der Waals surface area contributed by atoms with Gasteiger partial charge < -0.3 is 13.9 Å². The molecule has 0 saturated carbocycles. The monoisotopic (exact) mass is 700 g/mol. The maximum absolute atomic E-state index is 13.2. The molecule has 10 rings (SSSR count). The minimum Gasteiger partial charge on any atom is -0.456 e. The molecule has 4 nitrogen and oxygen atoms in total. The van der Waals surface area contributed by atoms with Crippen molar-refractivity contribution >= 4 is 60.8 Å². The van der Waals surface area contributed by atoms with Crippen LogP contribution >= 0.6 is 0 Å². The molecule has 0 amide bonds. The second kappa shape index (κ2) is 11.6. The van der Waals surface area contributed by atoms with Crippen molar-refractivity contribution in [3.8, 4) is 16.8 Å². The number of nitrogens with zero attached hydrogens (tertiary/aromatic N) is 2. The Morgan fingerprint density at radius 3 is 1.80 bits per heavy atom. The van der Waals surface area contributed by atoms with Gasteiger partial charge >= 0.3 is 0 Å². The van der Waals surface area contributed by atoms with Crippen molar-refractivity contribution in [3.63, 3.8) is 0 Å². The molecule has 4 heteroatoms. The average Bonchev–Trinajstić information content (AvgIpc) is 3.51. The summed E-state index contributed by atoms with van der Waals surface area (Å²) in [5, 5.41) is 3.64. The van der Waals surface area contributed by atoms with Gasteiger partial charge in [-0.15, -0.1) is 0 Å². The molecule has 0 bridgehead atoms. The van der Waals surface area contributed by atoms with Gasteiger partial charge in [0.15, 0.2) is 0 Å². The fourth-order valence-electron chi connectivity index (χ4n) is 8.63. The molecule has 0 saturated heterocycles. The molecule has 3 heterocycles. The van der Waals surface area contributed by atoms with Crippen LogP contribution in [0.4, 0.5) is 17.1 Å². The highest BCUT2D eigenvalue weighted by molar-refractivity contribution is 6.11. The third-order valence-corrected chi connectivity index (χ3v) is 11.5. The molecular formula is C50H40N2O2. The molecule has 1 aliphatic heterocycles. The van der Waals surface area contributed by atoms with E-state index >= 15 is 0 Å². The van der Waals surface area contributed by atoms with Crippen LogP contribution in [0.5, 0.6) is 0 Å². The standard InChI is InChI=1S/C50H40N2O2/c1-49(2,3)33-21-26-42-38(29-33)39-30-35(52-44-15-9-7-13-40(44)50(4,5)41-14-8-10-16-45(41)52)24-27-43(39)51(42)34-22-18-31(19-23-34)32-20-25-37-47(28-32)54-46-17-11-6-12-36(46)48(37)53/h6-30H,1-5H3. The van der Waals surface area contributed by atoms with Crippen LogP contribution in [0.25, 0.3) is 60.6 Å². The van der Waals surface area contributed by atoms with Crippen molar-refractivity contribution in [1.29, 1.82) is 0 Å². The van der Waals surface area contributed by atoms with E-state index in [-0.39, 0.29) is 16.3 Å². The summed E-state index contributed by atoms with van der Waals surface area (Å²) in [5.41, 5.74) is 14.1. The van der Waals surface area contributed by atoms with Crippen molar-refractivity contribution in [3.05, 3.63) is 179 Å². The van der Waals surface area contributed by atoms with Gasteiger partial charge in [-0.05, 0) is 112 Å². The van der Waals surface area contributed by atoms with Gasteiger partial charge in [0.25, 0.3) is 0 Å². The van der Waals surface area contributed by atoms with Gasteiger partial charge in [0.1, 0.15) is 11.2 Å². The predicted molar refractivity (Wildman–Crippen MR) is 225 cm³/mol. The minimum absolute atomic E-state index is 0.00346. The van der Waals surface area contributed by atoms with Crippen molar-refractivity contribution in [1.82, 2.24) is 4.57 Å². The zero-order chi connectivity index (χ0) is 36.9. The molecule has 0 N–H and O–H groups in total. The van der Waals surface area contributed by atoms with Crippen molar-refractivity contribution in [2.24, 2.45) is 0 Å². The number of hydrogen-bond donors (Lipinski definition) is 0. The molecule has 7 aromatic carbocycles. The Bertz CT molecular complexity index is 2980. The molecule has 0 aliphatic carbocycles. The average molecular weight is 701 g/mol. The summed E-state index contributed by atoms with van der Waals surface area (Å²) in [5.74, 6) is 0. The molecule has 54 heavy (non-hydrogen) atoms. The largest absolute Gasteiger partial charge is 0.456 e. The lowest BCUT2D eigenvalue weighted by molar-refractivity contribution is 0.591. The van der Waals surface area contributed by atoms with Crippen LogP contribution in [0.1, 0.15) is 51.3 Å². The maximum atomic E-state index is 13.2. The number of anilines is 3. The Morgan fingerprint density at radius 2 is 1.09 bits per heavy atom. The Hall–Kier alpha value is -6.39. The second-order valence-electron chi connectivity index (χ2n) is 16.2. The number of rotatable bonds is 3. The summed E-state index contributed by atoms with van der Waals surface area (Å²) in [6.07, 6.45) is 0. The number of fused-ring (bicyclic) bond motifs is 7. The Labute approximate surface area is 314 Å². The van der Waals surface area contributed by atoms with E-state index in [1.165, 1.54) is 44.4 Å². The first-order chi connectivity index (χ1) is 26.1. The van der Waals surface area contributed by atoms with Crippen molar-refractivity contribution < 1.29 is 4.42 Å². The number of benzene rings is 7. The third-order valence-electron chi connectivity index (χ3n) is 11.5. The molecular weight excluding hydrogens is 661 g/mol. The highest BCUT2D eigenvalue weighted by Gasteiger charge is 2.36. The smallest absolute Gasteiger partial charge is 0.200 e. The van der Waals surface area contributed by atoms with Gasteiger partial charge in [-0.3, -0.25) is 4.79 Å². The van der Waals surface area contributed by atoms with E-state index in [1.54, 1.807) is 0 Å². The Kier molecular flexibility index (Phi) is 6.91. The summed E-state index contributed by atoms with van der Waals surface area (Å²) in [4.78, 5) is 15.6. The number of para-hydroxylation sites is 3. The molecule has 1 aliphatic rings. The van der Waals surface area contributed by atoms with E-state index < -0.39 is 0 Å². The quantitative estimate of drug-likeness (QED) is 0.172. The van der Waals surface area contributed by atoms with Gasteiger partial charge in [-0.1, -0.05) is 107 Å². The van der Waals surface area contributed by atoms with Crippen molar-refractivity contribution in [2.75, 3.05) is 4.90 Å². The Morgan fingerprint density at radius 1 is 0.519 bits per heavy atom.